The molecular weight excluding hydrogens is 468 g/mol. The molecule has 0 aliphatic carbocycles. The molecule has 1 heterocycles. The first-order chi connectivity index (χ1) is 16.8. The van der Waals surface area contributed by atoms with Gasteiger partial charge in [-0.1, -0.05) is 35.9 Å². The molecule has 178 valence electrons. The summed E-state index contributed by atoms with van der Waals surface area (Å²) in [5.74, 6) is 0.597. The second kappa shape index (κ2) is 10.4. The van der Waals surface area contributed by atoms with Crippen molar-refractivity contribution in [2.75, 3.05) is 7.11 Å². The number of methoxy groups -OCH3 is 1. The maximum Gasteiger partial charge on any atom is 0.293 e. The average Bonchev–Trinajstić information content (AvgIpc) is 3.11. The maximum absolute atomic E-state index is 12.9. The first kappa shape index (κ1) is 24.0. The molecule has 8 nitrogen and oxygen atoms in total. The summed E-state index contributed by atoms with van der Waals surface area (Å²) in [7, 11) is 1.52. The lowest BCUT2D eigenvalue weighted by atomic mass is 10.1. The number of thioether (sulfide) groups is 1. The zero-order valence-corrected chi connectivity index (χ0v) is 19.9. The Kier molecular flexibility index (Phi) is 7.17. The number of hydrogen-bond acceptors (Lipinski definition) is 7. The van der Waals surface area contributed by atoms with Gasteiger partial charge in [-0.25, -0.2) is 0 Å². The quantitative estimate of drug-likeness (QED) is 0.226. The van der Waals surface area contributed by atoms with E-state index in [1.54, 1.807) is 36.4 Å². The van der Waals surface area contributed by atoms with Crippen LogP contribution in [0.2, 0.25) is 0 Å². The molecule has 0 radical (unpaired) electrons. The number of benzene rings is 3. The Morgan fingerprint density at radius 3 is 2.31 bits per heavy atom. The Labute approximate surface area is 206 Å². The van der Waals surface area contributed by atoms with E-state index in [4.69, 9.17) is 9.47 Å². The van der Waals surface area contributed by atoms with Gasteiger partial charge in [-0.2, -0.15) is 0 Å². The van der Waals surface area contributed by atoms with Crippen molar-refractivity contribution in [1.82, 2.24) is 4.90 Å². The van der Waals surface area contributed by atoms with E-state index in [0.29, 0.717) is 22.0 Å². The molecule has 0 unspecified atom stereocenters. The number of imide groups is 1. The zero-order valence-electron chi connectivity index (χ0n) is 19.1. The fraction of sp³-hybridized carbons (Fsp3) is 0.154. The fourth-order valence-corrected chi connectivity index (χ4v) is 4.27. The highest BCUT2D eigenvalue weighted by Gasteiger charge is 2.35. The van der Waals surface area contributed by atoms with Crippen molar-refractivity contribution < 1.29 is 24.0 Å². The van der Waals surface area contributed by atoms with Crippen molar-refractivity contribution in [2.24, 2.45) is 0 Å². The monoisotopic (exact) mass is 490 g/mol. The van der Waals surface area contributed by atoms with Crippen molar-refractivity contribution in [3.63, 3.8) is 0 Å². The fourth-order valence-electron chi connectivity index (χ4n) is 3.43. The van der Waals surface area contributed by atoms with E-state index in [9.17, 15) is 19.7 Å². The van der Waals surface area contributed by atoms with Crippen LogP contribution < -0.4 is 9.47 Å². The Balaban J connectivity index is 1.49. The van der Waals surface area contributed by atoms with E-state index < -0.39 is 4.92 Å². The predicted molar refractivity (Wildman–Crippen MR) is 133 cm³/mol. The van der Waals surface area contributed by atoms with E-state index in [0.717, 1.165) is 28.5 Å². The van der Waals surface area contributed by atoms with Crippen LogP contribution in [-0.2, 0) is 17.9 Å². The molecule has 35 heavy (non-hydrogen) atoms. The highest BCUT2D eigenvalue weighted by molar-refractivity contribution is 8.18. The molecule has 0 saturated carbocycles. The predicted octanol–water partition coefficient (Wildman–Crippen LogP) is 5.73. The SMILES string of the molecule is COc1ccc(/C=C2\SC(=O)N(Cc3ccc(C)cc3)C2=O)cc1OCc1ccc([N+](=O)[O-])cc1. The number of rotatable bonds is 8. The smallest absolute Gasteiger partial charge is 0.293 e. The minimum atomic E-state index is -0.459. The molecule has 0 spiro atoms. The summed E-state index contributed by atoms with van der Waals surface area (Å²) in [6, 6.07) is 19.0. The Morgan fingerprint density at radius 1 is 0.971 bits per heavy atom. The van der Waals surface area contributed by atoms with Gasteiger partial charge in [0.15, 0.2) is 11.5 Å². The molecule has 0 bridgehead atoms. The number of nitrogens with zero attached hydrogens (tertiary/aromatic N) is 2. The van der Waals surface area contributed by atoms with Crippen molar-refractivity contribution in [3.8, 4) is 11.5 Å². The lowest BCUT2D eigenvalue weighted by Crippen LogP contribution is -2.27. The largest absolute Gasteiger partial charge is 0.493 e. The third-order valence-corrected chi connectivity index (χ3v) is 6.27. The second-order valence-corrected chi connectivity index (χ2v) is 8.87. The number of amides is 2. The van der Waals surface area contributed by atoms with E-state index >= 15 is 0 Å². The van der Waals surface area contributed by atoms with Crippen LogP contribution >= 0.6 is 11.8 Å². The topological polar surface area (TPSA) is 99.0 Å². The van der Waals surface area contributed by atoms with Crippen molar-refractivity contribution in [3.05, 3.63) is 104 Å². The van der Waals surface area contributed by atoms with E-state index in [1.165, 1.54) is 24.1 Å². The molecule has 1 aliphatic heterocycles. The molecule has 3 aromatic carbocycles. The van der Waals surface area contributed by atoms with E-state index in [1.807, 2.05) is 31.2 Å². The van der Waals surface area contributed by atoms with E-state index in [2.05, 4.69) is 0 Å². The molecule has 0 atom stereocenters. The van der Waals surface area contributed by atoms with Crippen LogP contribution in [0.3, 0.4) is 0 Å². The van der Waals surface area contributed by atoms with Gasteiger partial charge in [0.1, 0.15) is 6.61 Å². The maximum atomic E-state index is 12.9. The van der Waals surface area contributed by atoms with Gasteiger partial charge >= 0.3 is 0 Å². The summed E-state index contributed by atoms with van der Waals surface area (Å²) in [4.78, 5) is 37.3. The van der Waals surface area contributed by atoms with Crippen LogP contribution in [0.1, 0.15) is 22.3 Å². The third kappa shape index (κ3) is 5.70. The summed E-state index contributed by atoms with van der Waals surface area (Å²) >= 11 is 0.900. The molecule has 1 fully saturated rings. The number of non-ortho nitro benzene ring substituents is 1. The van der Waals surface area contributed by atoms with Crippen LogP contribution in [0.15, 0.2) is 71.6 Å². The number of nitro groups is 1. The van der Waals surface area contributed by atoms with Gasteiger partial charge in [-0.15, -0.1) is 0 Å². The van der Waals surface area contributed by atoms with Crippen molar-refractivity contribution in [2.45, 2.75) is 20.1 Å². The standard InChI is InChI=1S/C26H22N2O6S/c1-17-3-5-18(6-4-17)15-27-25(29)24(35-26(27)30)14-20-9-12-22(33-2)23(13-20)34-16-19-7-10-21(11-8-19)28(31)32/h3-14H,15-16H2,1-2H3/b24-14-. The summed E-state index contributed by atoms with van der Waals surface area (Å²) < 4.78 is 11.3. The first-order valence-electron chi connectivity index (χ1n) is 10.7. The Bertz CT molecular complexity index is 1300. The molecule has 2 amide bonds. The number of hydrogen-bond donors (Lipinski definition) is 0. The zero-order chi connectivity index (χ0) is 24.9. The summed E-state index contributed by atoms with van der Waals surface area (Å²) in [6.07, 6.45) is 1.65. The van der Waals surface area contributed by atoms with Gasteiger partial charge in [0, 0.05) is 12.1 Å². The van der Waals surface area contributed by atoms with Gasteiger partial charge in [-0.05, 0) is 65.7 Å². The number of carbonyl (C=O) groups excluding carboxylic acids is 2. The minimum absolute atomic E-state index is 0.00431. The first-order valence-corrected chi connectivity index (χ1v) is 11.5. The normalized spacial score (nSPS) is 14.5. The van der Waals surface area contributed by atoms with Crippen LogP contribution in [0, 0.1) is 17.0 Å². The van der Waals surface area contributed by atoms with Crippen molar-refractivity contribution >= 4 is 34.7 Å². The molecule has 9 heteroatoms. The molecule has 0 aromatic heterocycles. The second-order valence-electron chi connectivity index (χ2n) is 7.88. The summed E-state index contributed by atoms with van der Waals surface area (Å²) in [6.45, 7) is 2.37. The molecule has 0 N–H and O–H groups in total. The van der Waals surface area contributed by atoms with Crippen LogP contribution in [0.5, 0.6) is 11.5 Å². The summed E-state index contributed by atoms with van der Waals surface area (Å²) in [5, 5.41) is 10.5. The average molecular weight is 491 g/mol. The number of nitro benzene ring substituents is 1. The number of ether oxygens (including phenoxy) is 2. The Morgan fingerprint density at radius 2 is 1.66 bits per heavy atom. The molecule has 3 aromatic rings. The highest BCUT2D eigenvalue weighted by Crippen LogP contribution is 2.35. The van der Waals surface area contributed by atoms with Crippen LogP contribution in [-0.4, -0.2) is 28.1 Å². The third-order valence-electron chi connectivity index (χ3n) is 5.36. The van der Waals surface area contributed by atoms with Gasteiger partial charge < -0.3 is 9.47 Å². The lowest BCUT2D eigenvalue weighted by Gasteiger charge is -2.13. The Hall–Kier alpha value is -4.11. The molecule has 1 aliphatic rings. The number of aryl methyl sites for hydroxylation is 1. The van der Waals surface area contributed by atoms with Gasteiger partial charge in [0.2, 0.25) is 0 Å². The molecular formula is C26H22N2O6S. The number of carbonyl (C=O) groups is 2. The van der Waals surface area contributed by atoms with Crippen LogP contribution in [0.25, 0.3) is 6.08 Å². The minimum Gasteiger partial charge on any atom is -0.493 e. The van der Waals surface area contributed by atoms with Gasteiger partial charge in [0.05, 0.1) is 23.5 Å². The summed E-state index contributed by atoms with van der Waals surface area (Å²) in [5.41, 5.74) is 3.41. The van der Waals surface area contributed by atoms with Crippen molar-refractivity contribution in [1.29, 1.82) is 0 Å². The van der Waals surface area contributed by atoms with Crippen LogP contribution in [0.4, 0.5) is 10.5 Å². The van der Waals surface area contributed by atoms with E-state index in [-0.39, 0.29) is 30.0 Å². The highest BCUT2D eigenvalue weighted by atomic mass is 32.2. The van der Waals surface area contributed by atoms with Gasteiger partial charge in [0.25, 0.3) is 16.8 Å². The molecule has 4 rings (SSSR count). The lowest BCUT2D eigenvalue weighted by molar-refractivity contribution is -0.384. The van der Waals surface area contributed by atoms with Gasteiger partial charge in [-0.3, -0.25) is 24.6 Å². The molecule has 1 saturated heterocycles.